The first-order chi connectivity index (χ1) is 30.6. The molecule has 15 nitrogen and oxygen atoms in total. The van der Waals surface area contributed by atoms with Crippen molar-refractivity contribution in [1.29, 1.82) is 0 Å². The summed E-state index contributed by atoms with van der Waals surface area (Å²) in [5, 5.41) is 27.4. The predicted octanol–water partition coefficient (Wildman–Crippen LogP) is 7.81. The molecule has 0 saturated carbocycles. The van der Waals surface area contributed by atoms with Gasteiger partial charge in [-0.2, -0.15) is 0 Å². The molecule has 7 aromatic rings. The average molecular weight is 923 g/mol. The number of fused-ring (bicyclic) bond motifs is 2. The fourth-order valence-electron chi connectivity index (χ4n) is 6.25. The topological polar surface area (TPSA) is 195 Å². The lowest BCUT2D eigenvalue weighted by molar-refractivity contribution is 0.0767. The molecular weight excluding hydrogens is 873 g/mol. The lowest BCUT2D eigenvalue weighted by atomic mass is 10.1. The van der Waals surface area contributed by atoms with E-state index < -0.39 is 0 Å². The van der Waals surface area contributed by atoms with Crippen LogP contribution in [0, 0.1) is 11.8 Å². The summed E-state index contributed by atoms with van der Waals surface area (Å²) in [5.41, 5.74) is 5.01. The predicted molar refractivity (Wildman–Crippen MR) is 259 cm³/mol. The van der Waals surface area contributed by atoms with Crippen LogP contribution in [0.4, 0.5) is 22.2 Å². The summed E-state index contributed by atoms with van der Waals surface area (Å²) in [6.07, 6.45) is 9.28. The molecule has 0 radical (unpaired) electrons. The quantitative estimate of drug-likeness (QED) is 0.0360. The zero-order valence-electron chi connectivity index (χ0n) is 35.4. The van der Waals surface area contributed by atoms with E-state index in [0.29, 0.717) is 54.3 Å². The van der Waals surface area contributed by atoms with Crippen molar-refractivity contribution in [2.45, 2.75) is 35.9 Å². The molecule has 0 aliphatic heterocycles. The lowest BCUT2D eigenvalue weighted by Crippen LogP contribution is -2.29. The van der Waals surface area contributed by atoms with Gasteiger partial charge in [0.15, 0.2) is 10.3 Å². The van der Waals surface area contributed by atoms with Crippen molar-refractivity contribution in [2.24, 2.45) is 11.8 Å². The Hall–Kier alpha value is -5.60. The van der Waals surface area contributed by atoms with E-state index in [0.717, 1.165) is 64.7 Å². The molecule has 2 amide bonds. The van der Waals surface area contributed by atoms with Crippen molar-refractivity contribution in [1.82, 2.24) is 40.1 Å². The molecule has 3 aromatic carbocycles. The number of carbonyl (C=O) groups is 2. The molecule has 6 N–H and O–H groups in total. The van der Waals surface area contributed by atoms with Gasteiger partial charge in [-0.25, -0.2) is 29.9 Å². The zero-order valence-corrected chi connectivity index (χ0v) is 38.7. The standard InChI is InChI=1S/C44H50N12O3S4/c1-27(17-46-41-48-22-33(60-4)23-49-41)19-52-43-54-35-11-9-29(15-37(35)62-43)39(58)45-21-31-7-5-6-8-32(31)26-61-34-24-50-42(51-25-34)47-18-28(2)20-53-44-55-36-12-10-30(16-38(36)63-44)40(59)56(3)13-14-57/h5-12,15-16,22-25,27-28,57H,13-14,17-21,26H2,1-4H3,(H,45,58)(H,52,54)(H,53,55)(H,46,48,49)(H,47,50,51)/t27?,28-/m0/s1. The van der Waals surface area contributed by atoms with Crippen LogP contribution in [-0.4, -0.2) is 104 Å². The van der Waals surface area contributed by atoms with E-state index in [4.69, 9.17) is 10.1 Å². The second-order valence-electron chi connectivity index (χ2n) is 15.0. The zero-order chi connectivity index (χ0) is 44.1. The molecular formula is C44H50N12O3S4. The summed E-state index contributed by atoms with van der Waals surface area (Å²) in [5.74, 6) is 2.16. The molecule has 2 atom stereocenters. The molecule has 7 rings (SSSR count). The highest BCUT2D eigenvalue weighted by Crippen LogP contribution is 2.29. The molecule has 0 bridgehead atoms. The molecule has 0 aliphatic carbocycles. The number of hydrogen-bond acceptors (Lipinski definition) is 17. The van der Waals surface area contributed by atoms with E-state index in [-0.39, 0.29) is 30.9 Å². The number of nitrogens with one attached hydrogen (secondary N) is 5. The Morgan fingerprint density at radius 2 is 1.24 bits per heavy atom. The van der Waals surface area contributed by atoms with Crippen LogP contribution in [0.1, 0.15) is 45.7 Å². The van der Waals surface area contributed by atoms with Crippen LogP contribution in [-0.2, 0) is 12.3 Å². The first-order valence-electron chi connectivity index (χ1n) is 20.4. The number of rotatable bonds is 22. The molecule has 4 aromatic heterocycles. The number of aromatic nitrogens is 6. The van der Waals surface area contributed by atoms with Crippen LogP contribution in [0.5, 0.6) is 0 Å². The van der Waals surface area contributed by atoms with Gasteiger partial charge in [0, 0.05) is 97.8 Å². The van der Waals surface area contributed by atoms with Crippen molar-refractivity contribution in [2.75, 3.05) is 73.9 Å². The number of carbonyl (C=O) groups excluding carboxylic acids is 2. The molecule has 0 saturated heterocycles. The van der Waals surface area contributed by atoms with Crippen molar-refractivity contribution in [3.8, 4) is 0 Å². The minimum atomic E-state index is -0.139. The second-order valence-corrected chi connectivity index (χ2v) is 19.0. The molecule has 0 aliphatic rings. The van der Waals surface area contributed by atoms with E-state index in [1.165, 1.54) is 27.6 Å². The molecule has 63 heavy (non-hydrogen) atoms. The Balaban J connectivity index is 0.829. The maximum Gasteiger partial charge on any atom is 0.253 e. The van der Waals surface area contributed by atoms with Crippen molar-refractivity contribution in [3.05, 3.63) is 108 Å². The maximum atomic E-state index is 13.3. The van der Waals surface area contributed by atoms with E-state index >= 15 is 0 Å². The molecule has 0 fully saturated rings. The largest absolute Gasteiger partial charge is 0.395 e. The van der Waals surface area contributed by atoms with Gasteiger partial charge >= 0.3 is 0 Å². The van der Waals surface area contributed by atoms with Crippen molar-refractivity contribution < 1.29 is 14.7 Å². The first-order valence-corrected chi connectivity index (χ1v) is 24.3. The van der Waals surface area contributed by atoms with Crippen LogP contribution in [0.25, 0.3) is 20.4 Å². The lowest BCUT2D eigenvalue weighted by Gasteiger charge is -2.15. The van der Waals surface area contributed by atoms with Crippen LogP contribution in [0.3, 0.4) is 0 Å². The highest BCUT2D eigenvalue weighted by Gasteiger charge is 2.15. The summed E-state index contributed by atoms with van der Waals surface area (Å²) < 4.78 is 1.87. The minimum absolute atomic E-state index is 0.0783. The smallest absolute Gasteiger partial charge is 0.253 e. The van der Waals surface area contributed by atoms with Gasteiger partial charge in [0.2, 0.25) is 11.9 Å². The Morgan fingerprint density at radius 3 is 1.81 bits per heavy atom. The monoisotopic (exact) mass is 922 g/mol. The number of likely N-dealkylation sites (N-methyl/N-ethyl adjacent to an activating group) is 1. The van der Waals surface area contributed by atoms with Gasteiger partial charge in [0.05, 0.1) is 27.0 Å². The van der Waals surface area contributed by atoms with Crippen LogP contribution in [0.15, 0.2) is 95.2 Å². The number of aliphatic hydroxyl groups excluding tert-OH is 1. The first kappa shape index (κ1) is 45.4. The second kappa shape index (κ2) is 22.2. The Morgan fingerprint density at radius 1 is 0.714 bits per heavy atom. The summed E-state index contributed by atoms with van der Waals surface area (Å²) in [6.45, 7) is 7.69. The maximum absolute atomic E-state index is 13.3. The summed E-state index contributed by atoms with van der Waals surface area (Å²) in [6, 6.07) is 19.2. The number of hydrogen-bond donors (Lipinski definition) is 6. The van der Waals surface area contributed by atoms with E-state index in [1.54, 1.807) is 36.6 Å². The summed E-state index contributed by atoms with van der Waals surface area (Å²) >= 11 is 6.30. The Labute approximate surface area is 382 Å². The van der Waals surface area contributed by atoms with Crippen LogP contribution in [0.2, 0.25) is 0 Å². The van der Waals surface area contributed by atoms with Gasteiger partial charge < -0.3 is 36.6 Å². The number of amides is 2. The van der Waals surface area contributed by atoms with Crippen molar-refractivity contribution in [3.63, 3.8) is 0 Å². The minimum Gasteiger partial charge on any atom is -0.395 e. The number of thiazole rings is 2. The van der Waals surface area contributed by atoms with Gasteiger partial charge in [0.25, 0.3) is 11.8 Å². The van der Waals surface area contributed by atoms with Gasteiger partial charge in [-0.05, 0) is 65.6 Å². The SMILES string of the molecule is CSc1cnc(NCC(C)CNc2nc3ccc(C(=O)NCc4ccccc4CSc4cnc(NC[C@H](C)CNc5nc6ccc(C(=O)N(C)CCO)cc6s5)nc4)cc3s2)nc1. The van der Waals surface area contributed by atoms with E-state index in [2.05, 4.69) is 71.4 Å². The van der Waals surface area contributed by atoms with Gasteiger partial charge in [-0.3, -0.25) is 9.59 Å². The third-order valence-electron chi connectivity index (χ3n) is 9.93. The van der Waals surface area contributed by atoms with Gasteiger partial charge in [0.1, 0.15) is 0 Å². The highest BCUT2D eigenvalue weighted by molar-refractivity contribution is 7.98. The molecule has 328 valence electrons. The van der Waals surface area contributed by atoms with Gasteiger partial charge in [-0.1, -0.05) is 60.8 Å². The number of benzene rings is 3. The third kappa shape index (κ3) is 12.8. The summed E-state index contributed by atoms with van der Waals surface area (Å²) in [4.78, 5) is 56.6. The van der Waals surface area contributed by atoms with Crippen molar-refractivity contribution >= 4 is 101 Å². The molecule has 19 heteroatoms. The number of nitrogens with zero attached hydrogens (tertiary/aromatic N) is 7. The highest BCUT2D eigenvalue weighted by atomic mass is 32.2. The Kier molecular flexibility index (Phi) is 16.0. The van der Waals surface area contributed by atoms with Crippen LogP contribution < -0.4 is 26.6 Å². The number of thioether (sulfide) groups is 2. The van der Waals surface area contributed by atoms with Crippen LogP contribution >= 0.6 is 46.2 Å². The molecule has 1 unspecified atom stereocenters. The average Bonchev–Trinajstić information content (AvgIpc) is 3.93. The van der Waals surface area contributed by atoms with E-state index in [1.807, 2.05) is 79.6 Å². The number of anilines is 4. The Bertz CT molecular complexity index is 2610. The third-order valence-corrected chi connectivity index (χ3v) is 13.6. The van der Waals surface area contributed by atoms with E-state index in [9.17, 15) is 9.59 Å². The van der Waals surface area contributed by atoms with Gasteiger partial charge in [-0.15, -0.1) is 23.5 Å². The molecule has 4 heterocycles. The summed E-state index contributed by atoms with van der Waals surface area (Å²) in [7, 11) is 1.68. The normalized spacial score (nSPS) is 12.2. The fourth-order valence-corrected chi connectivity index (χ4v) is 9.25. The number of aliphatic hydroxyl groups is 1. The molecule has 0 spiro atoms. The fraction of sp³-hybridized carbons (Fsp3) is 0.318.